The van der Waals surface area contributed by atoms with Crippen molar-refractivity contribution in [2.24, 2.45) is 0 Å². The first-order chi connectivity index (χ1) is 6.99. The van der Waals surface area contributed by atoms with Gasteiger partial charge in [-0.1, -0.05) is 20.8 Å². The van der Waals surface area contributed by atoms with Crippen LogP contribution in [-0.2, 0) is 9.59 Å². The van der Waals surface area contributed by atoms with Gasteiger partial charge in [0, 0.05) is 40.5 Å². The van der Waals surface area contributed by atoms with Gasteiger partial charge in [-0.05, 0) is 0 Å². The zero-order chi connectivity index (χ0) is 12.4. The van der Waals surface area contributed by atoms with E-state index in [-0.39, 0.29) is 11.8 Å². The summed E-state index contributed by atoms with van der Waals surface area (Å²) in [6.45, 7) is 8.54. The van der Waals surface area contributed by atoms with Crippen molar-refractivity contribution in [3.05, 3.63) is 0 Å². The predicted molar refractivity (Wildman–Crippen MR) is 62.6 cm³/mol. The summed E-state index contributed by atoms with van der Waals surface area (Å²) in [6.07, 6.45) is 0.514. The van der Waals surface area contributed by atoms with Crippen LogP contribution < -0.4 is 0 Å². The van der Waals surface area contributed by atoms with E-state index in [0.29, 0.717) is 19.5 Å². The molecule has 15 heavy (non-hydrogen) atoms. The van der Waals surface area contributed by atoms with Crippen LogP contribution in [0.2, 0.25) is 0 Å². The summed E-state index contributed by atoms with van der Waals surface area (Å²) in [5.74, 6) is 0.134. The van der Waals surface area contributed by atoms with Gasteiger partial charge in [0.05, 0.1) is 0 Å². The fourth-order valence-electron chi connectivity index (χ4n) is 0.852. The van der Waals surface area contributed by atoms with Crippen molar-refractivity contribution in [3.8, 4) is 0 Å². The Morgan fingerprint density at radius 1 is 1.00 bits per heavy atom. The molecule has 0 rings (SSSR count). The van der Waals surface area contributed by atoms with Gasteiger partial charge in [0.1, 0.15) is 0 Å². The van der Waals surface area contributed by atoms with Crippen molar-refractivity contribution >= 4 is 11.8 Å². The number of rotatable bonds is 4. The molecule has 0 aliphatic carbocycles. The summed E-state index contributed by atoms with van der Waals surface area (Å²) >= 11 is 0. The largest absolute Gasteiger partial charge is 0.344 e. The number of likely N-dealkylation sites (N-methyl/N-ethyl adjacent to an activating group) is 2. The number of amides is 2. The summed E-state index contributed by atoms with van der Waals surface area (Å²) in [5.41, 5.74) is 0. The Morgan fingerprint density at radius 3 is 1.73 bits per heavy atom. The van der Waals surface area contributed by atoms with Crippen LogP contribution in [0.5, 0.6) is 0 Å². The van der Waals surface area contributed by atoms with Crippen LogP contribution >= 0.6 is 0 Å². The fourth-order valence-corrected chi connectivity index (χ4v) is 0.852. The molecule has 0 saturated carbocycles. The van der Waals surface area contributed by atoms with E-state index in [2.05, 4.69) is 0 Å². The van der Waals surface area contributed by atoms with Gasteiger partial charge in [-0.15, -0.1) is 0 Å². The maximum Gasteiger partial charge on any atom is 0.222 e. The molecule has 2 amide bonds. The van der Waals surface area contributed by atoms with Crippen LogP contribution in [0.15, 0.2) is 0 Å². The molecular formula is C11H24N2O2. The molecule has 0 aliphatic heterocycles. The summed E-state index contributed by atoms with van der Waals surface area (Å²) in [4.78, 5) is 25.2. The first-order valence-electron chi connectivity index (χ1n) is 5.44. The SMILES string of the molecule is CC.CCC(=O)N(C)CCN(C)C(C)=O. The minimum absolute atomic E-state index is 0.0253. The van der Waals surface area contributed by atoms with Crippen LogP contribution in [0.1, 0.15) is 34.1 Å². The zero-order valence-electron chi connectivity index (χ0n) is 10.8. The molecule has 0 fully saturated rings. The second-order valence-corrected chi connectivity index (χ2v) is 3.11. The Kier molecular flexibility index (Phi) is 10.4. The lowest BCUT2D eigenvalue weighted by Gasteiger charge is -2.20. The number of nitrogens with zero attached hydrogens (tertiary/aromatic N) is 2. The topological polar surface area (TPSA) is 40.6 Å². The highest BCUT2D eigenvalue weighted by Gasteiger charge is 2.07. The molecule has 0 saturated heterocycles. The van der Waals surface area contributed by atoms with Gasteiger partial charge in [0.15, 0.2) is 0 Å². The summed E-state index contributed by atoms with van der Waals surface area (Å²) in [5, 5.41) is 0. The normalized spacial score (nSPS) is 8.67. The smallest absolute Gasteiger partial charge is 0.222 e. The third-order valence-electron chi connectivity index (χ3n) is 2.04. The summed E-state index contributed by atoms with van der Waals surface area (Å²) < 4.78 is 0. The van der Waals surface area contributed by atoms with E-state index in [0.717, 1.165) is 0 Å². The Hall–Kier alpha value is -1.06. The minimum Gasteiger partial charge on any atom is -0.344 e. The molecule has 0 bridgehead atoms. The van der Waals surface area contributed by atoms with Crippen molar-refractivity contribution in [2.45, 2.75) is 34.1 Å². The number of carbonyl (C=O) groups is 2. The van der Waals surface area contributed by atoms with Crippen LogP contribution in [-0.4, -0.2) is 48.8 Å². The lowest BCUT2D eigenvalue weighted by molar-refractivity contribution is -0.132. The van der Waals surface area contributed by atoms with E-state index >= 15 is 0 Å². The third kappa shape index (κ3) is 7.97. The van der Waals surface area contributed by atoms with Crippen LogP contribution in [0.25, 0.3) is 0 Å². The van der Waals surface area contributed by atoms with Crippen molar-refractivity contribution in [1.82, 2.24) is 9.80 Å². The minimum atomic E-state index is 0.0253. The molecule has 0 N–H and O–H groups in total. The average Bonchev–Trinajstić information content (AvgIpc) is 2.26. The standard InChI is InChI=1S/C9H18N2O2.C2H6/c1-5-9(13)11(4)7-6-10(3)8(2)12;1-2/h5-7H2,1-4H3;1-2H3. The highest BCUT2D eigenvalue weighted by atomic mass is 16.2. The van der Waals surface area contributed by atoms with E-state index in [9.17, 15) is 9.59 Å². The molecule has 0 atom stereocenters. The van der Waals surface area contributed by atoms with E-state index in [1.54, 1.807) is 23.9 Å². The number of hydrogen-bond donors (Lipinski definition) is 0. The molecule has 0 aromatic heterocycles. The molecule has 90 valence electrons. The first-order valence-corrected chi connectivity index (χ1v) is 5.44. The molecule has 0 heterocycles. The highest BCUT2D eigenvalue weighted by molar-refractivity contribution is 5.75. The van der Waals surface area contributed by atoms with Crippen LogP contribution in [0, 0.1) is 0 Å². The quantitative estimate of drug-likeness (QED) is 0.712. The van der Waals surface area contributed by atoms with E-state index < -0.39 is 0 Å². The van der Waals surface area contributed by atoms with Crippen LogP contribution in [0.4, 0.5) is 0 Å². The van der Waals surface area contributed by atoms with Crippen molar-refractivity contribution in [1.29, 1.82) is 0 Å². The summed E-state index contributed by atoms with van der Waals surface area (Å²) in [7, 11) is 3.48. The van der Waals surface area contributed by atoms with Gasteiger partial charge in [-0.3, -0.25) is 9.59 Å². The molecule has 0 aromatic carbocycles. The van der Waals surface area contributed by atoms with Gasteiger partial charge in [0.2, 0.25) is 11.8 Å². The van der Waals surface area contributed by atoms with Crippen molar-refractivity contribution in [2.75, 3.05) is 27.2 Å². The molecule has 0 spiro atoms. The second-order valence-electron chi connectivity index (χ2n) is 3.11. The lowest BCUT2D eigenvalue weighted by atomic mass is 10.4. The molecule has 4 heteroatoms. The van der Waals surface area contributed by atoms with E-state index in [4.69, 9.17) is 0 Å². The lowest BCUT2D eigenvalue weighted by Crippen LogP contribution is -2.36. The average molecular weight is 216 g/mol. The van der Waals surface area contributed by atoms with Gasteiger partial charge < -0.3 is 9.80 Å². The predicted octanol–water partition coefficient (Wildman–Crippen LogP) is 1.36. The maximum atomic E-state index is 11.1. The van der Waals surface area contributed by atoms with Gasteiger partial charge in [0.25, 0.3) is 0 Å². The van der Waals surface area contributed by atoms with Crippen molar-refractivity contribution < 1.29 is 9.59 Å². The fraction of sp³-hybridized carbons (Fsp3) is 0.818. The Morgan fingerprint density at radius 2 is 1.40 bits per heavy atom. The van der Waals surface area contributed by atoms with E-state index in [1.165, 1.54) is 6.92 Å². The summed E-state index contributed by atoms with van der Waals surface area (Å²) in [6, 6.07) is 0. The highest BCUT2D eigenvalue weighted by Crippen LogP contribution is 1.91. The first kappa shape index (κ1) is 16.4. The monoisotopic (exact) mass is 216 g/mol. The molecular weight excluding hydrogens is 192 g/mol. The van der Waals surface area contributed by atoms with E-state index in [1.807, 2.05) is 20.8 Å². The van der Waals surface area contributed by atoms with Crippen LogP contribution in [0.3, 0.4) is 0 Å². The zero-order valence-corrected chi connectivity index (χ0v) is 10.8. The number of carbonyl (C=O) groups excluding carboxylic acids is 2. The van der Waals surface area contributed by atoms with Gasteiger partial charge in [-0.2, -0.15) is 0 Å². The number of hydrogen-bond acceptors (Lipinski definition) is 2. The van der Waals surface area contributed by atoms with Crippen molar-refractivity contribution in [3.63, 3.8) is 0 Å². The molecule has 0 aliphatic rings. The van der Waals surface area contributed by atoms with Gasteiger partial charge >= 0.3 is 0 Å². The Balaban J connectivity index is 0. The molecule has 0 unspecified atom stereocenters. The Bertz CT molecular complexity index is 193. The molecule has 0 radical (unpaired) electrons. The molecule has 4 nitrogen and oxygen atoms in total. The molecule has 0 aromatic rings. The van der Waals surface area contributed by atoms with Gasteiger partial charge in [-0.25, -0.2) is 0 Å². The maximum absolute atomic E-state index is 11.1. The Labute approximate surface area is 93.2 Å². The third-order valence-corrected chi connectivity index (χ3v) is 2.04. The second kappa shape index (κ2) is 9.49.